The molecule has 0 heterocycles. The van der Waals surface area contributed by atoms with Gasteiger partial charge in [0.15, 0.2) is 0 Å². The Morgan fingerprint density at radius 1 is 1.38 bits per heavy atom. The molecule has 0 nitrogen and oxygen atoms in total. The van der Waals surface area contributed by atoms with E-state index in [4.69, 9.17) is 6.42 Å². The summed E-state index contributed by atoms with van der Waals surface area (Å²) in [6.45, 7) is 13.5. The molecule has 0 aromatic rings. The van der Waals surface area contributed by atoms with Crippen LogP contribution in [0.2, 0.25) is 0 Å². The lowest BCUT2D eigenvalue weighted by Crippen LogP contribution is -1.91. The molecule has 0 saturated carbocycles. The largest absolute Gasteiger partial charge is 0.119 e. The van der Waals surface area contributed by atoms with E-state index in [1.54, 1.807) is 0 Å². The van der Waals surface area contributed by atoms with Crippen molar-refractivity contribution in [2.75, 3.05) is 0 Å². The zero-order valence-electron chi connectivity index (χ0n) is 8.86. The van der Waals surface area contributed by atoms with Gasteiger partial charge in [-0.1, -0.05) is 54.4 Å². The van der Waals surface area contributed by atoms with Gasteiger partial charge in [0.1, 0.15) is 0 Å². The fourth-order valence-corrected chi connectivity index (χ4v) is 0.424. The lowest BCUT2D eigenvalue weighted by atomic mass is 10.0. The van der Waals surface area contributed by atoms with Crippen LogP contribution in [-0.4, -0.2) is 0 Å². The van der Waals surface area contributed by atoms with Crippen molar-refractivity contribution in [3.05, 3.63) is 23.2 Å². The Labute approximate surface area is 91.2 Å². The topological polar surface area (TPSA) is 0 Å². The third kappa shape index (κ3) is 11.5. The molecule has 0 N–H and O–H groups in total. The van der Waals surface area contributed by atoms with Crippen LogP contribution in [0.3, 0.4) is 0 Å². The first-order chi connectivity index (χ1) is 5.99. The van der Waals surface area contributed by atoms with Crippen molar-refractivity contribution in [3.8, 4) is 12.3 Å². The summed E-state index contributed by atoms with van der Waals surface area (Å²) in [7, 11) is 0. The maximum absolute atomic E-state index is 5.14. The van der Waals surface area contributed by atoms with E-state index in [1.807, 2.05) is 6.92 Å². The van der Waals surface area contributed by atoms with E-state index < -0.39 is 0 Å². The third-order valence-corrected chi connectivity index (χ3v) is 2.26. The Kier molecular flexibility index (Phi) is 11.1. The summed E-state index contributed by atoms with van der Waals surface area (Å²) in [5.74, 6) is 2.87. The van der Waals surface area contributed by atoms with Crippen LogP contribution in [0.1, 0.15) is 33.6 Å². The number of terminal acetylenes is 1. The van der Waals surface area contributed by atoms with Gasteiger partial charge in [-0.15, -0.1) is 6.42 Å². The van der Waals surface area contributed by atoms with E-state index in [1.165, 1.54) is 0 Å². The second-order valence-corrected chi connectivity index (χ2v) is 3.89. The monoisotopic (exact) mass is 242 g/mol. The minimum atomic E-state index is 0.250. The van der Waals surface area contributed by atoms with Crippen LogP contribution in [0, 0.1) is 18.3 Å². The molecule has 0 bridgehead atoms. The Morgan fingerprint density at radius 3 is 1.85 bits per heavy atom. The third-order valence-electron chi connectivity index (χ3n) is 1.70. The van der Waals surface area contributed by atoms with Crippen molar-refractivity contribution in [1.29, 1.82) is 0 Å². The molecule has 0 aromatic carbocycles. The highest BCUT2D eigenvalue weighted by molar-refractivity contribution is 9.11. The Balaban J connectivity index is 0. The van der Waals surface area contributed by atoms with E-state index in [0.717, 1.165) is 22.9 Å². The van der Waals surface area contributed by atoms with E-state index >= 15 is 0 Å². The molecule has 0 fully saturated rings. The molecule has 1 unspecified atom stereocenters. The average molecular weight is 243 g/mol. The first-order valence-electron chi connectivity index (χ1n) is 4.46. The van der Waals surface area contributed by atoms with Crippen LogP contribution in [0.5, 0.6) is 0 Å². The van der Waals surface area contributed by atoms with Crippen LogP contribution < -0.4 is 0 Å². The molecule has 0 aliphatic heterocycles. The molecule has 0 radical (unpaired) electrons. The van der Waals surface area contributed by atoms with Crippen LogP contribution in [0.15, 0.2) is 23.2 Å². The van der Waals surface area contributed by atoms with Gasteiger partial charge in [-0.2, -0.15) is 0 Å². The summed E-state index contributed by atoms with van der Waals surface area (Å²) in [5.41, 5.74) is 1.15. The first-order valence-corrected chi connectivity index (χ1v) is 5.25. The standard InChI is InChI=1S/C8H12.C4H7Br/c1-5-7(3)8(4)6-2;1-3-4(2)5/h1,7H,4,6H2,2-3H3;2-3H2,1H3. The van der Waals surface area contributed by atoms with Gasteiger partial charge in [0.2, 0.25) is 0 Å². The maximum Gasteiger partial charge on any atom is 0.0378 e. The Morgan fingerprint density at radius 2 is 1.77 bits per heavy atom. The minimum absolute atomic E-state index is 0.250. The molecule has 0 spiro atoms. The highest BCUT2D eigenvalue weighted by atomic mass is 79.9. The summed E-state index contributed by atoms with van der Waals surface area (Å²) < 4.78 is 1.07. The van der Waals surface area contributed by atoms with Gasteiger partial charge < -0.3 is 0 Å². The Bertz CT molecular complexity index is 196. The fraction of sp³-hybridized carbons (Fsp3) is 0.500. The van der Waals surface area contributed by atoms with Crippen molar-refractivity contribution in [3.63, 3.8) is 0 Å². The molecular formula is C12H19Br. The van der Waals surface area contributed by atoms with E-state index in [9.17, 15) is 0 Å². The highest BCUT2D eigenvalue weighted by Gasteiger charge is 1.96. The van der Waals surface area contributed by atoms with Crippen molar-refractivity contribution >= 4 is 15.9 Å². The molecular weight excluding hydrogens is 224 g/mol. The lowest BCUT2D eigenvalue weighted by molar-refractivity contribution is 0.842. The van der Waals surface area contributed by atoms with Gasteiger partial charge in [-0.25, -0.2) is 0 Å². The van der Waals surface area contributed by atoms with Gasteiger partial charge in [-0.3, -0.25) is 0 Å². The molecule has 1 heteroatoms. The summed E-state index contributed by atoms with van der Waals surface area (Å²) >= 11 is 3.18. The van der Waals surface area contributed by atoms with E-state index in [2.05, 4.69) is 48.9 Å². The van der Waals surface area contributed by atoms with Gasteiger partial charge in [0.05, 0.1) is 0 Å². The number of hydrogen-bond donors (Lipinski definition) is 0. The predicted octanol–water partition coefficient (Wildman–Crippen LogP) is 4.53. The average Bonchev–Trinajstić information content (AvgIpc) is 2.16. The van der Waals surface area contributed by atoms with Crippen molar-refractivity contribution < 1.29 is 0 Å². The molecule has 1 atom stereocenters. The zero-order chi connectivity index (χ0) is 10.9. The lowest BCUT2D eigenvalue weighted by Gasteiger charge is -2.02. The van der Waals surface area contributed by atoms with Gasteiger partial charge in [0.25, 0.3) is 0 Å². The summed E-state index contributed by atoms with van der Waals surface area (Å²) in [6, 6.07) is 0. The number of halogens is 1. The maximum atomic E-state index is 5.14. The highest BCUT2D eigenvalue weighted by Crippen LogP contribution is 2.08. The van der Waals surface area contributed by atoms with Crippen molar-refractivity contribution in [2.45, 2.75) is 33.6 Å². The normalized spacial score (nSPS) is 10.4. The molecule has 0 rings (SSSR count). The molecule has 0 aliphatic carbocycles. The Hall–Kier alpha value is -0.480. The van der Waals surface area contributed by atoms with Gasteiger partial charge >= 0.3 is 0 Å². The quantitative estimate of drug-likeness (QED) is 0.504. The molecule has 74 valence electrons. The molecule has 0 aliphatic rings. The smallest absolute Gasteiger partial charge is 0.0378 e. The predicted molar refractivity (Wildman–Crippen MR) is 65.8 cm³/mol. The van der Waals surface area contributed by atoms with E-state index in [0.29, 0.717) is 0 Å². The fourth-order valence-electron chi connectivity index (χ4n) is 0.424. The number of allylic oxidation sites excluding steroid dienone is 2. The van der Waals surface area contributed by atoms with Gasteiger partial charge in [0, 0.05) is 5.92 Å². The first kappa shape index (κ1) is 15.0. The molecule has 13 heavy (non-hydrogen) atoms. The summed E-state index contributed by atoms with van der Waals surface area (Å²) in [5, 5.41) is 0. The second-order valence-electron chi connectivity index (χ2n) is 2.77. The minimum Gasteiger partial charge on any atom is -0.119 e. The van der Waals surface area contributed by atoms with Crippen molar-refractivity contribution in [1.82, 2.24) is 0 Å². The van der Waals surface area contributed by atoms with Crippen LogP contribution in [-0.2, 0) is 0 Å². The van der Waals surface area contributed by atoms with Crippen LogP contribution in [0.25, 0.3) is 0 Å². The van der Waals surface area contributed by atoms with Crippen LogP contribution >= 0.6 is 15.9 Å². The molecule has 0 amide bonds. The van der Waals surface area contributed by atoms with Crippen molar-refractivity contribution in [2.24, 2.45) is 5.92 Å². The number of rotatable bonds is 3. The zero-order valence-corrected chi connectivity index (χ0v) is 10.4. The summed E-state index contributed by atoms with van der Waals surface area (Å²) in [4.78, 5) is 0. The van der Waals surface area contributed by atoms with Gasteiger partial charge in [-0.05, 0) is 24.2 Å². The molecule has 0 aromatic heterocycles. The summed E-state index contributed by atoms with van der Waals surface area (Å²) in [6.07, 6.45) is 7.16. The number of hydrogen-bond acceptors (Lipinski definition) is 0. The second kappa shape index (κ2) is 9.61. The SMILES string of the molecule is C#CC(C)C(=C)CC.C=C(Br)CC. The van der Waals surface area contributed by atoms with Crippen LogP contribution in [0.4, 0.5) is 0 Å². The molecule has 0 saturated heterocycles. The van der Waals surface area contributed by atoms with E-state index in [-0.39, 0.29) is 5.92 Å².